The highest BCUT2D eigenvalue weighted by atomic mass is 79.9. The standard InChI is InChI=1S/C24H22BrN3O5/c1-2-32-22-13-19(12-21(25)24(22)33-16-18-6-4-3-5-7-18)15-26-27-23(29)14-17-8-10-20(11-9-17)28(30)31/h3-13,15H,2,14,16H2,1H3,(H,27,29)/b26-15-. The van der Waals surface area contributed by atoms with Gasteiger partial charge in [0.1, 0.15) is 6.61 Å². The minimum atomic E-state index is -0.485. The first-order valence-corrected chi connectivity index (χ1v) is 10.9. The number of nitro groups is 1. The molecule has 1 amide bonds. The van der Waals surface area contributed by atoms with E-state index >= 15 is 0 Å². The second-order valence-electron chi connectivity index (χ2n) is 6.93. The maximum Gasteiger partial charge on any atom is 0.269 e. The van der Waals surface area contributed by atoms with Gasteiger partial charge in [0.25, 0.3) is 5.69 Å². The molecule has 3 aromatic carbocycles. The molecule has 0 aliphatic heterocycles. The van der Waals surface area contributed by atoms with Crippen LogP contribution in [0.25, 0.3) is 0 Å². The first-order valence-electron chi connectivity index (χ1n) is 10.1. The number of nitro benzene ring substituents is 1. The number of benzene rings is 3. The molecule has 0 atom stereocenters. The Balaban J connectivity index is 1.63. The third kappa shape index (κ3) is 7.15. The Kier molecular flexibility index (Phi) is 8.54. The minimum absolute atomic E-state index is 0.0240. The summed E-state index contributed by atoms with van der Waals surface area (Å²) in [5, 5.41) is 14.7. The van der Waals surface area contributed by atoms with Crippen LogP contribution < -0.4 is 14.9 Å². The number of hydrogen-bond donors (Lipinski definition) is 1. The molecule has 0 bridgehead atoms. The zero-order chi connectivity index (χ0) is 23.6. The number of amides is 1. The molecule has 8 nitrogen and oxygen atoms in total. The van der Waals surface area contributed by atoms with Crippen molar-refractivity contribution in [1.29, 1.82) is 0 Å². The molecule has 0 saturated heterocycles. The van der Waals surface area contributed by atoms with Gasteiger partial charge in [0.2, 0.25) is 5.91 Å². The van der Waals surface area contributed by atoms with E-state index in [0.717, 1.165) is 5.56 Å². The number of non-ortho nitro benzene ring substituents is 1. The molecule has 3 rings (SSSR count). The molecule has 0 aromatic heterocycles. The van der Waals surface area contributed by atoms with Crippen molar-refractivity contribution in [2.75, 3.05) is 6.61 Å². The fourth-order valence-electron chi connectivity index (χ4n) is 2.93. The minimum Gasteiger partial charge on any atom is -0.490 e. The SMILES string of the molecule is CCOc1cc(/C=N\NC(=O)Cc2ccc([N+](=O)[O-])cc2)cc(Br)c1OCc1ccccc1. The number of nitrogens with one attached hydrogen (secondary N) is 1. The Bertz CT molecular complexity index is 1130. The summed E-state index contributed by atoms with van der Waals surface area (Å²) >= 11 is 3.52. The Morgan fingerprint density at radius 2 is 1.82 bits per heavy atom. The van der Waals surface area contributed by atoms with Crippen LogP contribution in [0.15, 0.2) is 76.3 Å². The van der Waals surface area contributed by atoms with Crippen molar-refractivity contribution < 1.29 is 19.2 Å². The molecular formula is C24H22BrN3O5. The van der Waals surface area contributed by atoms with Crippen LogP contribution in [0.1, 0.15) is 23.6 Å². The van der Waals surface area contributed by atoms with E-state index in [0.29, 0.717) is 40.3 Å². The van der Waals surface area contributed by atoms with Crippen molar-refractivity contribution in [2.24, 2.45) is 5.10 Å². The zero-order valence-corrected chi connectivity index (χ0v) is 19.4. The average molecular weight is 512 g/mol. The maximum atomic E-state index is 12.1. The largest absolute Gasteiger partial charge is 0.490 e. The second kappa shape index (κ2) is 11.8. The van der Waals surface area contributed by atoms with E-state index in [2.05, 4.69) is 26.5 Å². The zero-order valence-electron chi connectivity index (χ0n) is 17.9. The molecule has 0 aliphatic rings. The van der Waals surface area contributed by atoms with Crippen LogP contribution in [0.4, 0.5) is 5.69 Å². The summed E-state index contributed by atoms with van der Waals surface area (Å²) in [6.07, 6.45) is 1.55. The van der Waals surface area contributed by atoms with Crippen LogP contribution in [-0.4, -0.2) is 23.7 Å². The van der Waals surface area contributed by atoms with E-state index in [-0.39, 0.29) is 18.0 Å². The Morgan fingerprint density at radius 1 is 1.09 bits per heavy atom. The van der Waals surface area contributed by atoms with Crippen molar-refractivity contribution in [2.45, 2.75) is 20.0 Å². The Morgan fingerprint density at radius 3 is 2.48 bits per heavy atom. The van der Waals surface area contributed by atoms with Gasteiger partial charge in [-0.3, -0.25) is 14.9 Å². The number of hydrogen-bond acceptors (Lipinski definition) is 6. The number of halogens is 1. The monoisotopic (exact) mass is 511 g/mol. The lowest BCUT2D eigenvalue weighted by Gasteiger charge is -2.14. The van der Waals surface area contributed by atoms with Gasteiger partial charge in [-0.2, -0.15) is 5.10 Å². The lowest BCUT2D eigenvalue weighted by molar-refractivity contribution is -0.384. The summed E-state index contributed by atoms with van der Waals surface area (Å²) in [6.45, 7) is 2.74. The van der Waals surface area contributed by atoms with Crippen molar-refractivity contribution in [1.82, 2.24) is 5.43 Å². The van der Waals surface area contributed by atoms with Crippen LogP contribution in [0.3, 0.4) is 0 Å². The lowest BCUT2D eigenvalue weighted by Crippen LogP contribution is -2.19. The van der Waals surface area contributed by atoms with Crippen LogP contribution in [0.2, 0.25) is 0 Å². The molecule has 0 aliphatic carbocycles. The van der Waals surface area contributed by atoms with Crippen molar-refractivity contribution in [3.05, 3.63) is 98.0 Å². The van der Waals surface area contributed by atoms with Gasteiger partial charge in [0.05, 0.1) is 28.6 Å². The molecule has 170 valence electrons. The summed E-state index contributed by atoms with van der Waals surface area (Å²) in [5.74, 6) is 0.800. The van der Waals surface area contributed by atoms with Crippen LogP contribution in [0, 0.1) is 10.1 Å². The van der Waals surface area contributed by atoms with Gasteiger partial charge in [-0.15, -0.1) is 0 Å². The van der Waals surface area contributed by atoms with E-state index in [1.165, 1.54) is 18.3 Å². The first kappa shape index (κ1) is 23.9. The van der Waals surface area contributed by atoms with E-state index in [1.54, 1.807) is 18.2 Å². The molecule has 0 fully saturated rings. The molecule has 3 aromatic rings. The van der Waals surface area contributed by atoms with Crippen molar-refractivity contribution >= 4 is 33.7 Å². The van der Waals surface area contributed by atoms with Crippen LogP contribution in [0.5, 0.6) is 11.5 Å². The normalized spacial score (nSPS) is 10.7. The van der Waals surface area contributed by atoms with Gasteiger partial charge in [0.15, 0.2) is 11.5 Å². The van der Waals surface area contributed by atoms with Crippen LogP contribution >= 0.6 is 15.9 Å². The molecular weight excluding hydrogens is 490 g/mol. The Labute approximate surface area is 199 Å². The van der Waals surface area contributed by atoms with E-state index < -0.39 is 4.92 Å². The van der Waals surface area contributed by atoms with Gasteiger partial charge in [-0.1, -0.05) is 42.5 Å². The summed E-state index contributed by atoms with van der Waals surface area (Å²) in [7, 11) is 0. The predicted octanol–water partition coefficient (Wildman–Crippen LogP) is 5.03. The molecule has 1 N–H and O–H groups in total. The predicted molar refractivity (Wildman–Crippen MR) is 129 cm³/mol. The summed E-state index contributed by atoms with van der Waals surface area (Å²) < 4.78 is 12.4. The molecule has 0 heterocycles. The number of ether oxygens (including phenoxy) is 2. The number of carbonyl (C=O) groups is 1. The highest BCUT2D eigenvalue weighted by Gasteiger charge is 2.12. The third-order valence-electron chi connectivity index (χ3n) is 4.47. The molecule has 33 heavy (non-hydrogen) atoms. The summed E-state index contributed by atoms with van der Waals surface area (Å²) in [6, 6.07) is 19.2. The number of carbonyl (C=O) groups excluding carboxylic acids is 1. The number of nitrogens with zero attached hydrogens (tertiary/aromatic N) is 2. The molecule has 9 heteroatoms. The van der Waals surface area contributed by atoms with Gasteiger partial charge >= 0.3 is 0 Å². The quantitative estimate of drug-likeness (QED) is 0.233. The topological polar surface area (TPSA) is 103 Å². The van der Waals surface area contributed by atoms with Gasteiger partial charge in [-0.05, 0) is 51.7 Å². The van der Waals surface area contributed by atoms with E-state index in [9.17, 15) is 14.9 Å². The lowest BCUT2D eigenvalue weighted by atomic mass is 10.1. The average Bonchev–Trinajstić information content (AvgIpc) is 2.80. The summed E-state index contributed by atoms with van der Waals surface area (Å²) in [5.41, 5.74) is 4.82. The number of hydrazone groups is 1. The van der Waals surface area contributed by atoms with E-state index in [4.69, 9.17) is 9.47 Å². The third-order valence-corrected chi connectivity index (χ3v) is 5.06. The highest BCUT2D eigenvalue weighted by Crippen LogP contribution is 2.37. The Hall–Kier alpha value is -3.72. The fourth-order valence-corrected chi connectivity index (χ4v) is 3.51. The van der Waals surface area contributed by atoms with Crippen LogP contribution in [-0.2, 0) is 17.8 Å². The highest BCUT2D eigenvalue weighted by molar-refractivity contribution is 9.10. The fraction of sp³-hybridized carbons (Fsp3) is 0.167. The molecule has 0 saturated carbocycles. The molecule has 0 spiro atoms. The number of rotatable bonds is 10. The van der Waals surface area contributed by atoms with Crippen molar-refractivity contribution in [3.63, 3.8) is 0 Å². The van der Waals surface area contributed by atoms with E-state index in [1.807, 2.05) is 43.3 Å². The van der Waals surface area contributed by atoms with Gasteiger partial charge in [0, 0.05) is 12.1 Å². The van der Waals surface area contributed by atoms with Crippen molar-refractivity contribution in [3.8, 4) is 11.5 Å². The first-order chi connectivity index (χ1) is 16.0. The summed E-state index contributed by atoms with van der Waals surface area (Å²) in [4.78, 5) is 22.3. The molecule has 0 unspecified atom stereocenters. The maximum absolute atomic E-state index is 12.1. The van der Waals surface area contributed by atoms with Gasteiger partial charge < -0.3 is 9.47 Å². The second-order valence-corrected chi connectivity index (χ2v) is 7.79. The van der Waals surface area contributed by atoms with Gasteiger partial charge in [-0.25, -0.2) is 5.43 Å². The smallest absolute Gasteiger partial charge is 0.269 e. The molecule has 0 radical (unpaired) electrons.